The van der Waals surface area contributed by atoms with Crippen LogP contribution in [0.15, 0.2) is 48.5 Å². The lowest BCUT2D eigenvalue weighted by molar-refractivity contribution is -0.118. The fourth-order valence-electron chi connectivity index (χ4n) is 2.38. The molecule has 2 aromatic carbocycles. The smallest absolute Gasteiger partial charge is 0.338 e. The second-order valence-electron chi connectivity index (χ2n) is 6.63. The Morgan fingerprint density at radius 2 is 1.67 bits per heavy atom. The van der Waals surface area contributed by atoms with Crippen LogP contribution in [-0.2, 0) is 9.53 Å². The van der Waals surface area contributed by atoms with Crippen molar-refractivity contribution in [2.75, 3.05) is 18.5 Å². The van der Waals surface area contributed by atoms with E-state index < -0.39 is 0 Å². The normalized spacial score (nSPS) is 10.5. The van der Waals surface area contributed by atoms with Crippen molar-refractivity contribution in [3.8, 4) is 5.75 Å². The van der Waals surface area contributed by atoms with Crippen molar-refractivity contribution in [3.63, 3.8) is 0 Å². The van der Waals surface area contributed by atoms with E-state index in [1.165, 1.54) is 5.56 Å². The van der Waals surface area contributed by atoms with Gasteiger partial charge in [0, 0.05) is 5.69 Å². The van der Waals surface area contributed by atoms with Crippen LogP contribution in [0.2, 0.25) is 0 Å². The number of esters is 1. The van der Waals surface area contributed by atoms with Gasteiger partial charge in [-0.05, 0) is 54.3 Å². The Morgan fingerprint density at radius 1 is 1.00 bits per heavy atom. The fraction of sp³-hybridized carbons (Fsp3) is 0.364. The van der Waals surface area contributed by atoms with Gasteiger partial charge in [-0.25, -0.2) is 4.79 Å². The summed E-state index contributed by atoms with van der Waals surface area (Å²) in [6.45, 7) is 6.62. The van der Waals surface area contributed by atoms with E-state index >= 15 is 0 Å². The highest BCUT2D eigenvalue weighted by Gasteiger charge is 2.08. The number of anilines is 1. The molecule has 0 saturated carbocycles. The molecule has 0 bridgehead atoms. The molecule has 0 atom stereocenters. The van der Waals surface area contributed by atoms with Gasteiger partial charge >= 0.3 is 5.97 Å². The van der Waals surface area contributed by atoms with Gasteiger partial charge in [0.15, 0.2) is 6.61 Å². The summed E-state index contributed by atoms with van der Waals surface area (Å²) in [6.07, 6.45) is 1.82. The van der Waals surface area contributed by atoms with Crippen LogP contribution in [0, 0.1) is 0 Å². The van der Waals surface area contributed by atoms with Gasteiger partial charge in [-0.3, -0.25) is 4.79 Å². The number of hydrogen-bond donors (Lipinski definition) is 1. The van der Waals surface area contributed by atoms with Gasteiger partial charge in [0.2, 0.25) is 0 Å². The number of hydrogen-bond acceptors (Lipinski definition) is 4. The Labute approximate surface area is 160 Å². The first-order valence-electron chi connectivity index (χ1n) is 9.29. The summed E-state index contributed by atoms with van der Waals surface area (Å²) in [6, 6.07) is 14.3. The first-order chi connectivity index (χ1) is 13.0. The van der Waals surface area contributed by atoms with Gasteiger partial charge in [0.25, 0.3) is 5.91 Å². The molecular weight excluding hydrogens is 342 g/mol. The van der Waals surface area contributed by atoms with Gasteiger partial charge in [-0.1, -0.05) is 39.3 Å². The van der Waals surface area contributed by atoms with Crippen LogP contribution < -0.4 is 10.1 Å². The van der Waals surface area contributed by atoms with E-state index in [0.717, 1.165) is 12.8 Å². The number of rotatable bonds is 9. The minimum atomic E-state index is -0.352. The molecule has 2 aromatic rings. The van der Waals surface area contributed by atoms with E-state index in [1.54, 1.807) is 24.3 Å². The first kappa shape index (κ1) is 20.5. The number of unbranched alkanes of at least 4 members (excludes halogenated alkanes) is 1. The second kappa shape index (κ2) is 10.4. The highest BCUT2D eigenvalue weighted by molar-refractivity contribution is 5.93. The third kappa shape index (κ3) is 6.77. The van der Waals surface area contributed by atoms with Crippen LogP contribution in [-0.4, -0.2) is 25.1 Å². The minimum absolute atomic E-state index is 0.0815. The summed E-state index contributed by atoms with van der Waals surface area (Å²) in [5.74, 6) is 0.490. The van der Waals surface area contributed by atoms with Crippen molar-refractivity contribution in [1.82, 2.24) is 0 Å². The third-order valence-electron chi connectivity index (χ3n) is 4.05. The van der Waals surface area contributed by atoms with Gasteiger partial charge in [-0.2, -0.15) is 0 Å². The summed E-state index contributed by atoms with van der Waals surface area (Å²) in [4.78, 5) is 23.9. The Bertz CT molecular complexity index is 736. The van der Waals surface area contributed by atoms with Crippen molar-refractivity contribution >= 4 is 17.6 Å². The van der Waals surface area contributed by atoms with Crippen molar-refractivity contribution in [1.29, 1.82) is 0 Å². The highest BCUT2D eigenvalue weighted by atomic mass is 16.5. The average molecular weight is 369 g/mol. The van der Waals surface area contributed by atoms with E-state index in [-0.39, 0.29) is 18.5 Å². The highest BCUT2D eigenvalue weighted by Crippen LogP contribution is 2.18. The van der Waals surface area contributed by atoms with Crippen LogP contribution in [0.1, 0.15) is 55.5 Å². The summed E-state index contributed by atoms with van der Waals surface area (Å²) < 4.78 is 10.7. The molecule has 1 amide bonds. The molecule has 5 heteroatoms. The number of amides is 1. The number of benzene rings is 2. The van der Waals surface area contributed by atoms with Crippen LogP contribution in [0.25, 0.3) is 0 Å². The monoisotopic (exact) mass is 369 g/mol. The van der Waals surface area contributed by atoms with E-state index in [9.17, 15) is 9.59 Å². The third-order valence-corrected chi connectivity index (χ3v) is 4.05. The van der Waals surface area contributed by atoms with Crippen LogP contribution >= 0.6 is 0 Å². The lowest BCUT2D eigenvalue weighted by Crippen LogP contribution is -2.20. The fourth-order valence-corrected chi connectivity index (χ4v) is 2.38. The predicted octanol–water partition coefficient (Wildman–Crippen LogP) is 4.78. The maximum absolute atomic E-state index is 12.0. The average Bonchev–Trinajstić information content (AvgIpc) is 2.67. The number of nitrogens with one attached hydrogen (secondary N) is 1. The Morgan fingerprint density at radius 3 is 2.26 bits per heavy atom. The molecule has 0 aliphatic rings. The molecule has 0 fully saturated rings. The molecule has 0 aliphatic carbocycles. The summed E-state index contributed by atoms with van der Waals surface area (Å²) in [5, 5.41) is 2.74. The van der Waals surface area contributed by atoms with Crippen LogP contribution in [0.3, 0.4) is 0 Å². The minimum Gasteiger partial charge on any atom is -0.484 e. The van der Waals surface area contributed by atoms with Crippen molar-refractivity contribution < 1.29 is 19.1 Å². The van der Waals surface area contributed by atoms with Crippen LogP contribution in [0.4, 0.5) is 5.69 Å². The molecule has 1 N–H and O–H groups in total. The van der Waals surface area contributed by atoms with E-state index in [1.807, 2.05) is 31.2 Å². The van der Waals surface area contributed by atoms with E-state index in [4.69, 9.17) is 9.47 Å². The molecule has 0 aliphatic heterocycles. The molecule has 0 saturated heterocycles. The van der Waals surface area contributed by atoms with Crippen molar-refractivity contribution in [2.24, 2.45) is 0 Å². The molecule has 2 rings (SSSR count). The molecule has 0 spiro atoms. The molecular formula is C22H27NO4. The van der Waals surface area contributed by atoms with E-state index in [2.05, 4.69) is 19.2 Å². The topological polar surface area (TPSA) is 64.6 Å². The Balaban J connectivity index is 1.80. The van der Waals surface area contributed by atoms with Gasteiger partial charge < -0.3 is 14.8 Å². The molecule has 0 aromatic heterocycles. The maximum atomic E-state index is 12.0. The Hall–Kier alpha value is -2.82. The zero-order valence-electron chi connectivity index (χ0n) is 16.2. The molecule has 144 valence electrons. The molecule has 0 radical (unpaired) electrons. The molecule has 0 heterocycles. The standard InChI is InChI=1S/C22H27NO4/c1-4-5-14-26-22(25)18-6-10-19(11-7-18)23-21(24)15-27-20-12-8-17(9-13-20)16(2)3/h6-13,16H,4-5,14-15H2,1-3H3,(H,23,24). The number of ether oxygens (including phenoxy) is 2. The second-order valence-corrected chi connectivity index (χ2v) is 6.63. The summed E-state index contributed by atoms with van der Waals surface area (Å²) in [7, 11) is 0. The molecule has 0 unspecified atom stereocenters. The van der Waals surface area contributed by atoms with Crippen LogP contribution in [0.5, 0.6) is 5.75 Å². The van der Waals surface area contributed by atoms with Gasteiger partial charge in [0.05, 0.1) is 12.2 Å². The Kier molecular flexibility index (Phi) is 7.86. The molecule has 5 nitrogen and oxygen atoms in total. The summed E-state index contributed by atoms with van der Waals surface area (Å²) >= 11 is 0. The quantitative estimate of drug-likeness (QED) is 0.510. The zero-order valence-corrected chi connectivity index (χ0v) is 16.2. The number of carbonyl (C=O) groups excluding carboxylic acids is 2. The summed E-state index contributed by atoms with van der Waals surface area (Å²) in [5.41, 5.74) is 2.29. The maximum Gasteiger partial charge on any atom is 0.338 e. The van der Waals surface area contributed by atoms with Crippen molar-refractivity contribution in [3.05, 3.63) is 59.7 Å². The number of carbonyl (C=O) groups is 2. The van der Waals surface area contributed by atoms with E-state index in [0.29, 0.717) is 29.5 Å². The SMILES string of the molecule is CCCCOC(=O)c1ccc(NC(=O)COc2ccc(C(C)C)cc2)cc1. The largest absolute Gasteiger partial charge is 0.484 e. The lowest BCUT2D eigenvalue weighted by Gasteiger charge is -2.10. The lowest BCUT2D eigenvalue weighted by atomic mass is 10.0. The predicted molar refractivity (Wildman–Crippen MR) is 106 cm³/mol. The first-order valence-corrected chi connectivity index (χ1v) is 9.29. The zero-order chi connectivity index (χ0) is 19.6. The van der Waals surface area contributed by atoms with Crippen molar-refractivity contribution in [2.45, 2.75) is 39.5 Å². The van der Waals surface area contributed by atoms with Gasteiger partial charge in [0.1, 0.15) is 5.75 Å². The molecule has 27 heavy (non-hydrogen) atoms. The van der Waals surface area contributed by atoms with Gasteiger partial charge in [-0.15, -0.1) is 0 Å².